The molecule has 0 radical (unpaired) electrons. The number of primary amides is 1. The monoisotopic (exact) mass is 279 g/mol. The highest BCUT2D eigenvalue weighted by atomic mass is 19.1. The van der Waals surface area contributed by atoms with Crippen LogP contribution in [0.15, 0.2) is 18.2 Å². The van der Waals surface area contributed by atoms with Gasteiger partial charge in [-0.15, -0.1) is 0 Å². The lowest BCUT2D eigenvalue weighted by Gasteiger charge is -2.31. The summed E-state index contributed by atoms with van der Waals surface area (Å²) in [4.78, 5) is 24.8. The van der Waals surface area contributed by atoms with Gasteiger partial charge >= 0.3 is 0 Å². The van der Waals surface area contributed by atoms with E-state index >= 15 is 0 Å². The van der Waals surface area contributed by atoms with Gasteiger partial charge in [0.1, 0.15) is 5.82 Å². The molecule has 0 bridgehead atoms. The SMILES string of the molecule is NC(=O)CC1CCN(C(=O)c2ccc(F)c(N)c2)CC1. The lowest BCUT2D eigenvalue weighted by Crippen LogP contribution is -2.39. The van der Waals surface area contributed by atoms with Gasteiger partial charge in [-0.1, -0.05) is 0 Å². The van der Waals surface area contributed by atoms with Crippen LogP contribution in [0.4, 0.5) is 10.1 Å². The Kier molecular flexibility index (Phi) is 4.22. The molecule has 0 aliphatic carbocycles. The van der Waals surface area contributed by atoms with Gasteiger partial charge in [0.2, 0.25) is 5.91 Å². The van der Waals surface area contributed by atoms with E-state index in [9.17, 15) is 14.0 Å². The first kappa shape index (κ1) is 14.3. The van der Waals surface area contributed by atoms with Crippen molar-refractivity contribution in [2.75, 3.05) is 18.8 Å². The zero-order valence-electron chi connectivity index (χ0n) is 11.1. The predicted molar refractivity (Wildman–Crippen MR) is 73.3 cm³/mol. The number of piperidine rings is 1. The molecule has 0 aromatic heterocycles. The Balaban J connectivity index is 1.97. The molecular formula is C14H18FN3O2. The molecule has 1 heterocycles. The van der Waals surface area contributed by atoms with Gasteiger partial charge < -0.3 is 16.4 Å². The van der Waals surface area contributed by atoms with Crippen molar-refractivity contribution in [3.8, 4) is 0 Å². The summed E-state index contributed by atoms with van der Waals surface area (Å²) in [5.74, 6) is -0.744. The molecule has 5 nitrogen and oxygen atoms in total. The molecule has 0 unspecified atom stereocenters. The second-order valence-electron chi connectivity index (χ2n) is 5.14. The first-order valence-electron chi connectivity index (χ1n) is 6.60. The molecule has 6 heteroatoms. The van der Waals surface area contributed by atoms with Crippen molar-refractivity contribution in [3.63, 3.8) is 0 Å². The van der Waals surface area contributed by atoms with Gasteiger partial charge in [0, 0.05) is 25.1 Å². The summed E-state index contributed by atoms with van der Waals surface area (Å²) < 4.78 is 13.1. The summed E-state index contributed by atoms with van der Waals surface area (Å²) in [7, 11) is 0. The molecule has 108 valence electrons. The van der Waals surface area contributed by atoms with Gasteiger partial charge in [-0.3, -0.25) is 9.59 Å². The third-order valence-corrected chi connectivity index (χ3v) is 3.63. The second-order valence-corrected chi connectivity index (χ2v) is 5.14. The van der Waals surface area contributed by atoms with Crippen molar-refractivity contribution in [1.29, 1.82) is 0 Å². The molecular weight excluding hydrogens is 261 g/mol. The minimum atomic E-state index is -0.526. The van der Waals surface area contributed by atoms with Crippen molar-refractivity contribution in [2.24, 2.45) is 11.7 Å². The number of rotatable bonds is 3. The number of nitrogens with two attached hydrogens (primary N) is 2. The van der Waals surface area contributed by atoms with Crippen molar-refractivity contribution in [1.82, 2.24) is 4.90 Å². The van der Waals surface area contributed by atoms with Crippen LogP contribution in [0.25, 0.3) is 0 Å². The molecule has 1 fully saturated rings. The van der Waals surface area contributed by atoms with Crippen LogP contribution in [0.5, 0.6) is 0 Å². The Morgan fingerprint density at radius 1 is 1.30 bits per heavy atom. The number of nitrogens with zero attached hydrogens (tertiary/aromatic N) is 1. The number of amides is 2. The largest absolute Gasteiger partial charge is 0.396 e. The van der Waals surface area contributed by atoms with E-state index < -0.39 is 5.82 Å². The molecule has 1 aliphatic rings. The van der Waals surface area contributed by atoms with Crippen molar-refractivity contribution < 1.29 is 14.0 Å². The summed E-state index contributed by atoms with van der Waals surface area (Å²) in [6, 6.07) is 3.99. The van der Waals surface area contributed by atoms with E-state index in [1.165, 1.54) is 18.2 Å². The number of benzene rings is 1. The Morgan fingerprint density at radius 3 is 2.50 bits per heavy atom. The highest BCUT2D eigenvalue weighted by molar-refractivity contribution is 5.95. The standard InChI is InChI=1S/C14H18FN3O2/c15-11-2-1-10(8-12(11)16)14(20)18-5-3-9(4-6-18)7-13(17)19/h1-2,8-9H,3-7,16H2,(H2,17,19). The molecule has 1 aromatic rings. The second kappa shape index (κ2) is 5.90. The fourth-order valence-electron chi connectivity index (χ4n) is 2.48. The number of carbonyl (C=O) groups excluding carboxylic acids is 2. The maximum Gasteiger partial charge on any atom is 0.253 e. The minimum Gasteiger partial charge on any atom is -0.396 e. The van der Waals surface area contributed by atoms with Crippen LogP contribution >= 0.6 is 0 Å². The molecule has 20 heavy (non-hydrogen) atoms. The summed E-state index contributed by atoms with van der Waals surface area (Å²) in [6.07, 6.45) is 1.88. The van der Waals surface area contributed by atoms with E-state index in [2.05, 4.69) is 0 Å². The predicted octanol–water partition coefficient (Wildman–Crippen LogP) is 1.14. The topological polar surface area (TPSA) is 89.4 Å². The van der Waals surface area contributed by atoms with Crippen molar-refractivity contribution in [2.45, 2.75) is 19.3 Å². The first-order chi connectivity index (χ1) is 9.47. The first-order valence-corrected chi connectivity index (χ1v) is 6.60. The highest BCUT2D eigenvalue weighted by Gasteiger charge is 2.24. The zero-order valence-corrected chi connectivity index (χ0v) is 11.1. The number of anilines is 1. The Hall–Kier alpha value is -2.11. The number of halogens is 1. The number of carbonyl (C=O) groups is 2. The van der Waals surface area contributed by atoms with Crippen LogP contribution in [0.2, 0.25) is 0 Å². The molecule has 4 N–H and O–H groups in total. The molecule has 1 aromatic carbocycles. The summed E-state index contributed by atoms with van der Waals surface area (Å²) in [6.45, 7) is 1.15. The molecule has 0 atom stereocenters. The highest BCUT2D eigenvalue weighted by Crippen LogP contribution is 2.22. The van der Waals surface area contributed by atoms with E-state index in [1.54, 1.807) is 4.90 Å². The molecule has 1 saturated heterocycles. The lowest BCUT2D eigenvalue weighted by atomic mass is 9.93. The van der Waals surface area contributed by atoms with Crippen LogP contribution in [-0.4, -0.2) is 29.8 Å². The van der Waals surface area contributed by atoms with Gasteiger partial charge in [0.05, 0.1) is 5.69 Å². The van der Waals surface area contributed by atoms with E-state index in [0.29, 0.717) is 25.1 Å². The van der Waals surface area contributed by atoms with Crippen molar-refractivity contribution >= 4 is 17.5 Å². The molecule has 1 aliphatic heterocycles. The van der Waals surface area contributed by atoms with Crippen LogP contribution in [-0.2, 0) is 4.79 Å². The summed E-state index contributed by atoms with van der Waals surface area (Å²) in [5.41, 5.74) is 11.0. The van der Waals surface area contributed by atoms with E-state index in [0.717, 1.165) is 12.8 Å². The maximum atomic E-state index is 13.1. The quantitative estimate of drug-likeness (QED) is 0.813. The fourth-order valence-corrected chi connectivity index (χ4v) is 2.48. The fraction of sp³-hybridized carbons (Fsp3) is 0.429. The van der Waals surface area contributed by atoms with Gasteiger partial charge in [-0.2, -0.15) is 0 Å². The van der Waals surface area contributed by atoms with Gasteiger partial charge in [-0.05, 0) is 37.0 Å². The summed E-state index contributed by atoms with van der Waals surface area (Å²) >= 11 is 0. The third-order valence-electron chi connectivity index (χ3n) is 3.63. The van der Waals surface area contributed by atoms with Crippen LogP contribution in [0.1, 0.15) is 29.6 Å². The Morgan fingerprint density at radius 2 is 1.95 bits per heavy atom. The Labute approximate surface area is 116 Å². The van der Waals surface area contributed by atoms with Crippen LogP contribution in [0.3, 0.4) is 0 Å². The van der Waals surface area contributed by atoms with Crippen molar-refractivity contribution in [3.05, 3.63) is 29.6 Å². The Bertz CT molecular complexity index is 525. The van der Waals surface area contributed by atoms with E-state index in [1.807, 2.05) is 0 Å². The smallest absolute Gasteiger partial charge is 0.253 e. The number of likely N-dealkylation sites (tertiary alicyclic amines) is 1. The summed E-state index contributed by atoms with van der Waals surface area (Å²) in [5, 5.41) is 0. The van der Waals surface area contributed by atoms with Crippen LogP contribution < -0.4 is 11.5 Å². The average Bonchev–Trinajstić information content (AvgIpc) is 2.41. The normalized spacial score (nSPS) is 16.1. The zero-order chi connectivity index (χ0) is 14.7. The van der Waals surface area contributed by atoms with E-state index in [-0.39, 0.29) is 23.4 Å². The van der Waals surface area contributed by atoms with E-state index in [4.69, 9.17) is 11.5 Å². The van der Waals surface area contributed by atoms with Gasteiger partial charge in [0.25, 0.3) is 5.91 Å². The molecule has 0 spiro atoms. The molecule has 2 amide bonds. The molecule has 0 saturated carbocycles. The number of hydrogen-bond donors (Lipinski definition) is 2. The maximum absolute atomic E-state index is 13.1. The number of nitrogen functional groups attached to an aromatic ring is 1. The van der Waals surface area contributed by atoms with Gasteiger partial charge in [0.15, 0.2) is 0 Å². The average molecular weight is 279 g/mol. The lowest BCUT2D eigenvalue weighted by molar-refractivity contribution is -0.119. The van der Waals surface area contributed by atoms with Gasteiger partial charge in [-0.25, -0.2) is 4.39 Å². The number of hydrogen-bond acceptors (Lipinski definition) is 3. The minimum absolute atomic E-state index is 0.0283. The third kappa shape index (κ3) is 3.26. The van der Waals surface area contributed by atoms with Crippen LogP contribution in [0, 0.1) is 11.7 Å². The molecule has 2 rings (SSSR count).